The van der Waals surface area contributed by atoms with Crippen LogP contribution in [0.5, 0.6) is 11.5 Å². The Balaban J connectivity index is 2.63. The highest BCUT2D eigenvalue weighted by molar-refractivity contribution is 5.67. The van der Waals surface area contributed by atoms with Crippen LogP contribution in [0.2, 0.25) is 0 Å². The van der Waals surface area contributed by atoms with Crippen LogP contribution in [0, 0.1) is 0 Å². The van der Waals surface area contributed by atoms with E-state index in [9.17, 15) is 4.79 Å². The van der Waals surface area contributed by atoms with Crippen LogP contribution in [0.3, 0.4) is 0 Å². The van der Waals surface area contributed by atoms with Crippen molar-refractivity contribution in [3.8, 4) is 11.5 Å². The van der Waals surface area contributed by atoms with E-state index < -0.39 is 5.97 Å². The van der Waals surface area contributed by atoms with Gasteiger partial charge in [-0.2, -0.15) is 0 Å². The highest BCUT2D eigenvalue weighted by Crippen LogP contribution is 2.28. The maximum Gasteiger partial charge on any atom is 0.303 e. The lowest BCUT2D eigenvalue weighted by Crippen LogP contribution is -2.01. The number of aryl methyl sites for hydroxylation is 1. The third kappa shape index (κ3) is 5.64. The van der Waals surface area contributed by atoms with Crippen LogP contribution in [0.4, 0.5) is 0 Å². The molecule has 0 spiro atoms. The lowest BCUT2D eigenvalue weighted by molar-refractivity contribution is -0.136. The van der Waals surface area contributed by atoms with E-state index in [2.05, 4.69) is 6.92 Å². The summed E-state index contributed by atoms with van der Waals surface area (Å²) < 4.78 is 10.9. The number of carboxylic acids is 1. The summed E-state index contributed by atoms with van der Waals surface area (Å²) in [6, 6.07) is 5.57. The van der Waals surface area contributed by atoms with E-state index in [1.165, 1.54) is 0 Å². The molecule has 106 valence electrons. The summed E-state index contributed by atoms with van der Waals surface area (Å²) in [4.78, 5) is 10.6. The average molecular weight is 266 g/mol. The van der Waals surface area contributed by atoms with Gasteiger partial charge in [-0.1, -0.05) is 25.8 Å². The quantitative estimate of drug-likeness (QED) is 0.697. The standard InChI is InChI=1S/C15H22O4/c1-3-4-5-10-19-14-11-12(7-9-15(16)17)6-8-13(14)18-2/h6,8,11H,3-5,7,9-10H2,1-2H3,(H,16,17). The molecule has 1 N–H and O–H groups in total. The van der Waals surface area contributed by atoms with Gasteiger partial charge in [-0.05, 0) is 30.5 Å². The largest absolute Gasteiger partial charge is 0.493 e. The van der Waals surface area contributed by atoms with Crippen molar-refractivity contribution in [3.63, 3.8) is 0 Å². The highest BCUT2D eigenvalue weighted by atomic mass is 16.5. The molecule has 0 amide bonds. The molecule has 0 unspecified atom stereocenters. The molecule has 0 atom stereocenters. The van der Waals surface area contributed by atoms with Gasteiger partial charge in [0.2, 0.25) is 0 Å². The molecule has 0 saturated carbocycles. The summed E-state index contributed by atoms with van der Waals surface area (Å²) in [6.07, 6.45) is 3.94. The van der Waals surface area contributed by atoms with Crippen LogP contribution in [-0.2, 0) is 11.2 Å². The number of rotatable bonds is 9. The van der Waals surface area contributed by atoms with Crippen molar-refractivity contribution >= 4 is 5.97 Å². The monoisotopic (exact) mass is 266 g/mol. The van der Waals surface area contributed by atoms with E-state index in [0.717, 1.165) is 24.8 Å². The van der Waals surface area contributed by atoms with Gasteiger partial charge >= 0.3 is 5.97 Å². The van der Waals surface area contributed by atoms with Crippen molar-refractivity contribution in [1.29, 1.82) is 0 Å². The number of benzene rings is 1. The van der Waals surface area contributed by atoms with Crippen molar-refractivity contribution in [2.24, 2.45) is 0 Å². The zero-order valence-corrected chi connectivity index (χ0v) is 11.6. The number of carboxylic acid groups (broad SMARTS) is 1. The smallest absolute Gasteiger partial charge is 0.303 e. The third-order valence-corrected chi connectivity index (χ3v) is 2.86. The fourth-order valence-corrected chi connectivity index (χ4v) is 1.77. The fraction of sp³-hybridized carbons (Fsp3) is 0.533. The van der Waals surface area contributed by atoms with E-state index in [1.54, 1.807) is 7.11 Å². The first kappa shape index (κ1) is 15.3. The van der Waals surface area contributed by atoms with Crippen LogP contribution in [0.15, 0.2) is 18.2 Å². The summed E-state index contributed by atoms with van der Waals surface area (Å²) in [7, 11) is 1.60. The molecule has 0 aliphatic heterocycles. The van der Waals surface area contributed by atoms with E-state index >= 15 is 0 Å². The first-order valence-electron chi connectivity index (χ1n) is 6.69. The molecule has 0 aliphatic rings. The lowest BCUT2D eigenvalue weighted by Gasteiger charge is -2.12. The molecule has 4 nitrogen and oxygen atoms in total. The SMILES string of the molecule is CCCCCOc1cc(CCC(=O)O)ccc1OC. The number of aliphatic carboxylic acids is 1. The van der Waals surface area contributed by atoms with E-state index in [0.29, 0.717) is 24.5 Å². The number of carbonyl (C=O) groups is 1. The number of hydrogen-bond acceptors (Lipinski definition) is 3. The second-order valence-electron chi connectivity index (χ2n) is 4.43. The van der Waals surface area contributed by atoms with Crippen molar-refractivity contribution in [1.82, 2.24) is 0 Å². The van der Waals surface area contributed by atoms with Crippen molar-refractivity contribution < 1.29 is 19.4 Å². The second kappa shape index (κ2) is 8.40. The Bertz CT molecular complexity index is 401. The Morgan fingerprint density at radius 3 is 2.68 bits per heavy atom. The zero-order valence-electron chi connectivity index (χ0n) is 11.6. The van der Waals surface area contributed by atoms with Crippen LogP contribution < -0.4 is 9.47 Å². The molecule has 0 saturated heterocycles. The van der Waals surface area contributed by atoms with E-state index in [1.807, 2.05) is 18.2 Å². The molecule has 0 aromatic heterocycles. The van der Waals surface area contributed by atoms with Gasteiger partial charge in [0.15, 0.2) is 11.5 Å². The first-order chi connectivity index (χ1) is 9.17. The Morgan fingerprint density at radius 1 is 1.26 bits per heavy atom. The third-order valence-electron chi connectivity index (χ3n) is 2.86. The summed E-state index contributed by atoms with van der Waals surface area (Å²) in [5.74, 6) is 0.596. The molecule has 0 radical (unpaired) electrons. The predicted octanol–water partition coefficient (Wildman–Crippen LogP) is 3.28. The second-order valence-corrected chi connectivity index (χ2v) is 4.43. The molecule has 1 aromatic carbocycles. The number of methoxy groups -OCH3 is 1. The molecule has 0 aliphatic carbocycles. The summed E-state index contributed by atoms with van der Waals surface area (Å²) in [5.41, 5.74) is 0.952. The Labute approximate surface area is 114 Å². The van der Waals surface area contributed by atoms with Gasteiger partial charge in [-0.25, -0.2) is 0 Å². The summed E-state index contributed by atoms with van der Waals surface area (Å²) in [5, 5.41) is 8.69. The van der Waals surface area contributed by atoms with E-state index in [-0.39, 0.29) is 6.42 Å². The number of unbranched alkanes of at least 4 members (excludes halogenated alkanes) is 2. The zero-order chi connectivity index (χ0) is 14.1. The van der Waals surface area contributed by atoms with Gasteiger partial charge in [-0.15, -0.1) is 0 Å². The molecule has 0 heterocycles. The van der Waals surface area contributed by atoms with Crippen LogP contribution >= 0.6 is 0 Å². The minimum Gasteiger partial charge on any atom is -0.493 e. The van der Waals surface area contributed by atoms with Gasteiger partial charge in [0, 0.05) is 6.42 Å². The Kier molecular flexibility index (Phi) is 6.79. The summed E-state index contributed by atoms with van der Waals surface area (Å²) in [6.45, 7) is 2.81. The highest BCUT2D eigenvalue weighted by Gasteiger charge is 2.07. The van der Waals surface area contributed by atoms with Crippen LogP contribution in [-0.4, -0.2) is 24.8 Å². The van der Waals surface area contributed by atoms with E-state index in [4.69, 9.17) is 14.6 Å². The molecule has 4 heteroatoms. The van der Waals surface area contributed by atoms with Crippen LogP contribution in [0.1, 0.15) is 38.2 Å². The average Bonchev–Trinajstić information content (AvgIpc) is 2.41. The Morgan fingerprint density at radius 2 is 2.05 bits per heavy atom. The van der Waals surface area contributed by atoms with Crippen molar-refractivity contribution in [2.45, 2.75) is 39.0 Å². The normalized spacial score (nSPS) is 10.2. The van der Waals surface area contributed by atoms with Gasteiger partial charge < -0.3 is 14.6 Å². The molecular weight excluding hydrogens is 244 g/mol. The van der Waals surface area contributed by atoms with Gasteiger partial charge in [0.05, 0.1) is 13.7 Å². The minimum absolute atomic E-state index is 0.127. The molecule has 19 heavy (non-hydrogen) atoms. The fourth-order valence-electron chi connectivity index (χ4n) is 1.77. The summed E-state index contributed by atoms with van der Waals surface area (Å²) >= 11 is 0. The molecule has 0 fully saturated rings. The van der Waals surface area contributed by atoms with Crippen LogP contribution in [0.25, 0.3) is 0 Å². The number of hydrogen-bond donors (Lipinski definition) is 1. The molecule has 0 bridgehead atoms. The lowest BCUT2D eigenvalue weighted by atomic mass is 10.1. The Hall–Kier alpha value is -1.71. The maximum atomic E-state index is 10.6. The minimum atomic E-state index is -0.791. The molecular formula is C15H22O4. The first-order valence-corrected chi connectivity index (χ1v) is 6.69. The van der Waals surface area contributed by atoms with Crippen molar-refractivity contribution in [3.05, 3.63) is 23.8 Å². The molecule has 1 rings (SSSR count). The maximum absolute atomic E-state index is 10.6. The number of ether oxygens (including phenoxy) is 2. The van der Waals surface area contributed by atoms with Crippen molar-refractivity contribution in [2.75, 3.05) is 13.7 Å². The topological polar surface area (TPSA) is 55.8 Å². The van der Waals surface area contributed by atoms with Gasteiger partial charge in [-0.3, -0.25) is 4.79 Å². The molecule has 1 aromatic rings. The predicted molar refractivity (Wildman–Crippen MR) is 74.0 cm³/mol. The van der Waals surface area contributed by atoms with Gasteiger partial charge in [0.1, 0.15) is 0 Å². The van der Waals surface area contributed by atoms with Gasteiger partial charge in [0.25, 0.3) is 0 Å².